The van der Waals surface area contributed by atoms with Crippen molar-refractivity contribution in [3.8, 4) is 0 Å². The van der Waals surface area contributed by atoms with Crippen molar-refractivity contribution >= 4 is 33.0 Å². The Kier molecular flexibility index (Phi) is 6.61. The molecule has 0 atom stereocenters. The number of non-ortho nitro benzene ring substituents is 1. The number of nitro benzene ring substituents is 1. The lowest BCUT2D eigenvalue weighted by Gasteiger charge is -2.19. The number of carbonyl (C=O) groups excluding carboxylic acids is 2. The van der Waals surface area contributed by atoms with E-state index in [0.29, 0.717) is 5.69 Å². The monoisotopic (exact) mass is 433 g/mol. The highest BCUT2D eigenvalue weighted by atomic mass is 32.2. The molecule has 0 aliphatic heterocycles. The fraction of sp³-hybridized carbons (Fsp3) is 0.300. The molecule has 0 heterocycles. The van der Waals surface area contributed by atoms with Gasteiger partial charge in [0, 0.05) is 36.7 Å². The van der Waals surface area contributed by atoms with E-state index in [1.165, 1.54) is 7.05 Å². The highest BCUT2D eigenvalue weighted by Crippen LogP contribution is 2.23. The maximum atomic E-state index is 12.7. The molecule has 0 unspecified atom stereocenters. The molecule has 10 heteroatoms. The Bertz CT molecular complexity index is 1120. The first-order chi connectivity index (χ1) is 13.8. The Balaban J connectivity index is 2.25. The first-order valence-electron chi connectivity index (χ1n) is 8.92. The summed E-state index contributed by atoms with van der Waals surface area (Å²) in [5.74, 6) is -1.16. The van der Waals surface area contributed by atoms with Crippen LogP contribution < -0.4 is 5.32 Å². The molecule has 0 saturated heterocycles. The standard InChI is InChI=1S/C20H23N3O6S/c1-12-6-13(2)19(14(3)7-12)21-18(24)11-22(4)20(25)15-8-16(23(26)27)10-17(9-15)30(5,28)29/h6-10H,11H2,1-5H3,(H,21,24). The van der Waals surface area contributed by atoms with E-state index in [1.807, 2.05) is 32.9 Å². The maximum Gasteiger partial charge on any atom is 0.271 e. The second-order valence-electron chi connectivity index (χ2n) is 7.23. The molecule has 0 aromatic heterocycles. The zero-order valence-corrected chi connectivity index (χ0v) is 18.2. The summed E-state index contributed by atoms with van der Waals surface area (Å²) in [5, 5.41) is 13.9. The number of hydrogen-bond acceptors (Lipinski definition) is 6. The molecule has 2 aromatic rings. The third kappa shape index (κ3) is 5.41. The van der Waals surface area contributed by atoms with Crippen LogP contribution in [0.4, 0.5) is 11.4 Å². The van der Waals surface area contributed by atoms with E-state index in [9.17, 15) is 28.1 Å². The average Bonchev–Trinajstić information content (AvgIpc) is 2.62. The molecule has 160 valence electrons. The van der Waals surface area contributed by atoms with Crippen molar-refractivity contribution in [3.63, 3.8) is 0 Å². The van der Waals surface area contributed by atoms with Crippen molar-refractivity contribution in [2.75, 3.05) is 25.2 Å². The first-order valence-corrected chi connectivity index (χ1v) is 10.8. The third-order valence-corrected chi connectivity index (χ3v) is 5.54. The van der Waals surface area contributed by atoms with Crippen LogP contribution in [0.2, 0.25) is 0 Å². The normalized spacial score (nSPS) is 11.1. The molecule has 2 aromatic carbocycles. The van der Waals surface area contributed by atoms with Gasteiger partial charge in [-0.2, -0.15) is 0 Å². The van der Waals surface area contributed by atoms with Gasteiger partial charge in [-0.3, -0.25) is 19.7 Å². The fourth-order valence-corrected chi connectivity index (χ4v) is 3.77. The van der Waals surface area contributed by atoms with Crippen LogP contribution in [0.25, 0.3) is 0 Å². The number of sulfone groups is 1. The van der Waals surface area contributed by atoms with Gasteiger partial charge in [-0.05, 0) is 38.0 Å². The van der Waals surface area contributed by atoms with E-state index in [-0.39, 0.29) is 17.0 Å². The number of hydrogen-bond donors (Lipinski definition) is 1. The molecule has 0 fully saturated rings. The molecule has 2 amide bonds. The predicted molar refractivity (Wildman–Crippen MR) is 112 cm³/mol. The van der Waals surface area contributed by atoms with Gasteiger partial charge in [0.2, 0.25) is 5.91 Å². The van der Waals surface area contributed by atoms with Gasteiger partial charge in [-0.25, -0.2) is 8.42 Å². The molecule has 9 nitrogen and oxygen atoms in total. The smallest absolute Gasteiger partial charge is 0.271 e. The van der Waals surface area contributed by atoms with Crippen LogP contribution in [0.1, 0.15) is 27.0 Å². The van der Waals surface area contributed by atoms with Crippen molar-refractivity contribution in [2.45, 2.75) is 25.7 Å². The number of nitrogens with zero attached hydrogens (tertiary/aromatic N) is 2. The number of aryl methyl sites for hydroxylation is 3. The number of amides is 2. The third-order valence-electron chi connectivity index (χ3n) is 4.45. The summed E-state index contributed by atoms with van der Waals surface area (Å²) in [6, 6.07) is 6.79. The summed E-state index contributed by atoms with van der Waals surface area (Å²) in [7, 11) is -2.41. The molecular weight excluding hydrogens is 410 g/mol. The zero-order valence-electron chi connectivity index (χ0n) is 17.3. The number of nitrogens with one attached hydrogen (secondary N) is 1. The second-order valence-corrected chi connectivity index (χ2v) is 9.24. The summed E-state index contributed by atoms with van der Waals surface area (Å²) in [4.78, 5) is 36.2. The molecule has 0 saturated carbocycles. The van der Waals surface area contributed by atoms with Crippen LogP contribution in [0.5, 0.6) is 0 Å². The fourth-order valence-electron chi connectivity index (χ4n) is 3.09. The Morgan fingerprint density at radius 3 is 2.13 bits per heavy atom. The topological polar surface area (TPSA) is 127 Å². The number of likely N-dealkylation sites (N-methyl/N-ethyl adjacent to an activating group) is 1. The molecular formula is C20H23N3O6S. The molecule has 0 bridgehead atoms. The summed E-state index contributed by atoms with van der Waals surface area (Å²) < 4.78 is 23.6. The van der Waals surface area contributed by atoms with E-state index >= 15 is 0 Å². The molecule has 30 heavy (non-hydrogen) atoms. The molecule has 0 aliphatic carbocycles. The largest absolute Gasteiger partial charge is 0.332 e. The maximum absolute atomic E-state index is 12.7. The van der Waals surface area contributed by atoms with Gasteiger partial charge < -0.3 is 10.2 Å². The quantitative estimate of drug-likeness (QED) is 0.551. The van der Waals surface area contributed by atoms with E-state index in [4.69, 9.17) is 0 Å². The Labute approximate surface area is 174 Å². The lowest BCUT2D eigenvalue weighted by molar-refractivity contribution is -0.385. The lowest BCUT2D eigenvalue weighted by atomic mass is 10.1. The van der Waals surface area contributed by atoms with Crippen molar-refractivity contribution in [2.24, 2.45) is 0 Å². The van der Waals surface area contributed by atoms with Crippen molar-refractivity contribution in [1.82, 2.24) is 4.90 Å². The minimum Gasteiger partial charge on any atom is -0.332 e. The Morgan fingerprint density at radius 1 is 1.07 bits per heavy atom. The van der Waals surface area contributed by atoms with Crippen LogP contribution in [0.3, 0.4) is 0 Å². The van der Waals surface area contributed by atoms with Gasteiger partial charge in [0.1, 0.15) is 0 Å². The van der Waals surface area contributed by atoms with E-state index in [1.54, 1.807) is 0 Å². The lowest BCUT2D eigenvalue weighted by Crippen LogP contribution is -2.35. The first kappa shape index (κ1) is 23.0. The number of nitro groups is 1. The molecule has 2 rings (SSSR count). The van der Waals surface area contributed by atoms with E-state index in [0.717, 1.165) is 46.0 Å². The van der Waals surface area contributed by atoms with Gasteiger partial charge in [0.15, 0.2) is 9.84 Å². The van der Waals surface area contributed by atoms with E-state index in [2.05, 4.69) is 5.32 Å². The minimum absolute atomic E-state index is 0.192. The van der Waals surface area contributed by atoms with Crippen LogP contribution >= 0.6 is 0 Å². The van der Waals surface area contributed by atoms with Gasteiger partial charge in [0.05, 0.1) is 16.4 Å². The number of benzene rings is 2. The Hall–Kier alpha value is -3.27. The average molecular weight is 433 g/mol. The predicted octanol–water partition coefficient (Wildman–Crippen LogP) is 2.63. The Morgan fingerprint density at radius 2 is 1.63 bits per heavy atom. The van der Waals surface area contributed by atoms with Gasteiger partial charge in [-0.15, -0.1) is 0 Å². The van der Waals surface area contributed by atoms with Gasteiger partial charge in [-0.1, -0.05) is 17.7 Å². The zero-order chi connectivity index (χ0) is 22.8. The SMILES string of the molecule is Cc1cc(C)c(NC(=O)CN(C)C(=O)c2cc([N+](=O)[O-])cc(S(C)(=O)=O)c2)c(C)c1. The van der Waals surface area contributed by atoms with Crippen LogP contribution in [0, 0.1) is 30.9 Å². The summed E-state index contributed by atoms with van der Waals surface area (Å²) in [6.45, 7) is 5.35. The van der Waals surface area contributed by atoms with E-state index < -0.39 is 32.3 Å². The number of anilines is 1. The van der Waals surface area contributed by atoms with Gasteiger partial charge in [0.25, 0.3) is 11.6 Å². The van der Waals surface area contributed by atoms with Crippen molar-refractivity contribution < 1.29 is 22.9 Å². The molecule has 0 radical (unpaired) electrons. The number of rotatable bonds is 6. The minimum atomic E-state index is -3.77. The molecule has 0 spiro atoms. The molecule has 0 aliphatic rings. The molecule has 1 N–H and O–H groups in total. The summed E-state index contributed by atoms with van der Waals surface area (Å²) in [5.41, 5.74) is 2.76. The van der Waals surface area contributed by atoms with Crippen molar-refractivity contribution in [1.29, 1.82) is 0 Å². The van der Waals surface area contributed by atoms with Crippen LogP contribution in [-0.2, 0) is 14.6 Å². The van der Waals surface area contributed by atoms with Gasteiger partial charge >= 0.3 is 0 Å². The number of carbonyl (C=O) groups is 2. The highest BCUT2D eigenvalue weighted by Gasteiger charge is 2.22. The summed E-state index contributed by atoms with van der Waals surface area (Å²) in [6.07, 6.45) is 0.893. The van der Waals surface area contributed by atoms with Crippen LogP contribution in [0.15, 0.2) is 35.2 Å². The van der Waals surface area contributed by atoms with Crippen LogP contribution in [-0.4, -0.2) is 49.9 Å². The summed E-state index contributed by atoms with van der Waals surface area (Å²) >= 11 is 0. The highest BCUT2D eigenvalue weighted by molar-refractivity contribution is 7.90. The second kappa shape index (κ2) is 8.62. The van der Waals surface area contributed by atoms with Crippen molar-refractivity contribution in [3.05, 3.63) is 62.7 Å².